The number of aromatic nitrogens is 1. The van der Waals surface area contributed by atoms with E-state index in [9.17, 15) is 10.1 Å². The van der Waals surface area contributed by atoms with E-state index in [0.717, 1.165) is 54.0 Å². The van der Waals surface area contributed by atoms with E-state index in [1.165, 1.54) is 0 Å². The molecule has 0 aliphatic carbocycles. The van der Waals surface area contributed by atoms with Crippen LogP contribution in [0.5, 0.6) is 5.75 Å². The van der Waals surface area contributed by atoms with E-state index in [1.54, 1.807) is 11.6 Å². The van der Waals surface area contributed by atoms with Crippen molar-refractivity contribution < 1.29 is 4.74 Å². The zero-order chi connectivity index (χ0) is 21.3. The first-order valence-corrected chi connectivity index (χ1v) is 10.2. The summed E-state index contributed by atoms with van der Waals surface area (Å²) in [4.78, 5) is 17.0. The molecule has 0 spiro atoms. The molecule has 1 aliphatic rings. The molecule has 0 atom stereocenters. The summed E-state index contributed by atoms with van der Waals surface area (Å²) < 4.78 is 7.75. The molecule has 0 bridgehead atoms. The molecule has 2 heterocycles. The molecule has 1 aliphatic heterocycles. The standard InChI is InChI=1S/C24H26N4O2/c1-26(2)17-8-10-18(11-9-17)30-19-12-14-28(15-13-19)23-20-6-4-5-7-22(20)27(3)24(29)21(23)16-25/h4-11,19H,12-15H2,1-3H3. The lowest BCUT2D eigenvalue weighted by molar-refractivity contribution is 0.171. The molecule has 2 aromatic carbocycles. The fourth-order valence-corrected chi connectivity index (χ4v) is 4.12. The minimum absolute atomic E-state index is 0.120. The fraction of sp³-hybridized carbons (Fsp3) is 0.333. The first kappa shape index (κ1) is 19.8. The number of anilines is 2. The summed E-state index contributed by atoms with van der Waals surface area (Å²) in [5.41, 5.74) is 2.71. The highest BCUT2D eigenvalue weighted by atomic mass is 16.5. The molecule has 0 radical (unpaired) electrons. The predicted octanol–water partition coefficient (Wildman–Crippen LogP) is 3.52. The topological polar surface area (TPSA) is 61.5 Å². The third-order valence-corrected chi connectivity index (χ3v) is 5.80. The van der Waals surface area contributed by atoms with Gasteiger partial charge in [0, 0.05) is 58.1 Å². The van der Waals surface area contributed by atoms with Crippen LogP contribution in [0.25, 0.3) is 10.9 Å². The molecule has 154 valence electrons. The second-order valence-electron chi connectivity index (χ2n) is 7.91. The van der Waals surface area contributed by atoms with E-state index >= 15 is 0 Å². The van der Waals surface area contributed by atoms with E-state index in [0.29, 0.717) is 0 Å². The van der Waals surface area contributed by atoms with Crippen molar-refractivity contribution in [1.82, 2.24) is 4.57 Å². The van der Waals surface area contributed by atoms with Gasteiger partial charge in [-0.25, -0.2) is 0 Å². The lowest BCUT2D eigenvalue weighted by atomic mass is 10.0. The van der Waals surface area contributed by atoms with Gasteiger partial charge in [0.2, 0.25) is 0 Å². The van der Waals surface area contributed by atoms with Crippen LogP contribution < -0.4 is 20.1 Å². The van der Waals surface area contributed by atoms with Crippen LogP contribution in [-0.2, 0) is 7.05 Å². The van der Waals surface area contributed by atoms with E-state index in [4.69, 9.17) is 4.74 Å². The van der Waals surface area contributed by atoms with Gasteiger partial charge in [-0.3, -0.25) is 4.79 Å². The Labute approximate surface area is 176 Å². The molecular formula is C24H26N4O2. The van der Waals surface area contributed by atoms with Gasteiger partial charge < -0.3 is 19.1 Å². The van der Waals surface area contributed by atoms with E-state index in [1.807, 2.05) is 50.5 Å². The molecule has 0 amide bonds. The van der Waals surface area contributed by atoms with Crippen LogP contribution in [-0.4, -0.2) is 37.9 Å². The first-order chi connectivity index (χ1) is 14.5. The largest absolute Gasteiger partial charge is 0.490 e. The van der Waals surface area contributed by atoms with Gasteiger partial charge in [-0.05, 0) is 30.3 Å². The molecule has 4 rings (SSSR count). The normalized spacial score (nSPS) is 14.5. The average Bonchev–Trinajstić information content (AvgIpc) is 2.77. The highest BCUT2D eigenvalue weighted by molar-refractivity contribution is 5.94. The fourth-order valence-electron chi connectivity index (χ4n) is 4.12. The molecule has 1 aromatic heterocycles. The number of nitriles is 1. The molecule has 1 fully saturated rings. The van der Waals surface area contributed by atoms with Crippen LogP contribution in [0.1, 0.15) is 18.4 Å². The van der Waals surface area contributed by atoms with Crippen molar-refractivity contribution in [2.75, 3.05) is 37.0 Å². The summed E-state index contributed by atoms with van der Waals surface area (Å²) in [6.07, 6.45) is 1.79. The zero-order valence-electron chi connectivity index (χ0n) is 17.6. The Bertz CT molecular complexity index is 1150. The van der Waals surface area contributed by atoms with Crippen LogP contribution in [0.3, 0.4) is 0 Å². The number of piperidine rings is 1. The van der Waals surface area contributed by atoms with Crippen molar-refractivity contribution in [2.24, 2.45) is 7.05 Å². The molecule has 0 N–H and O–H groups in total. The molecule has 30 heavy (non-hydrogen) atoms. The van der Waals surface area contributed by atoms with E-state index in [2.05, 4.69) is 28.0 Å². The van der Waals surface area contributed by atoms with Crippen molar-refractivity contribution >= 4 is 22.3 Å². The number of hydrogen-bond acceptors (Lipinski definition) is 5. The Kier molecular flexibility index (Phi) is 5.37. The summed E-state index contributed by atoms with van der Waals surface area (Å²) in [6, 6.07) is 18.0. The molecule has 3 aromatic rings. The Hall–Kier alpha value is -3.46. The molecule has 0 unspecified atom stereocenters. The predicted molar refractivity (Wildman–Crippen MR) is 121 cm³/mol. The van der Waals surface area contributed by atoms with Crippen molar-refractivity contribution in [2.45, 2.75) is 18.9 Å². The number of aryl methyl sites for hydroxylation is 1. The Morgan fingerprint density at radius 2 is 1.73 bits per heavy atom. The Balaban J connectivity index is 1.55. The SMILES string of the molecule is CN(C)c1ccc(OC2CCN(c3c(C#N)c(=O)n(C)c4ccccc34)CC2)cc1. The molecule has 1 saturated heterocycles. The summed E-state index contributed by atoms with van der Waals surface area (Å²) in [7, 11) is 5.75. The van der Waals surface area contributed by atoms with Crippen LogP contribution in [0, 0.1) is 11.3 Å². The lowest BCUT2D eigenvalue weighted by Crippen LogP contribution is -2.40. The zero-order valence-corrected chi connectivity index (χ0v) is 17.6. The molecule has 6 nitrogen and oxygen atoms in total. The number of fused-ring (bicyclic) bond motifs is 1. The van der Waals surface area contributed by atoms with Gasteiger partial charge in [0.1, 0.15) is 23.5 Å². The summed E-state index contributed by atoms with van der Waals surface area (Å²) >= 11 is 0. The van der Waals surface area contributed by atoms with Gasteiger partial charge in [-0.15, -0.1) is 0 Å². The maximum Gasteiger partial charge on any atom is 0.270 e. The monoisotopic (exact) mass is 402 g/mol. The highest BCUT2D eigenvalue weighted by Crippen LogP contribution is 2.31. The van der Waals surface area contributed by atoms with E-state index in [-0.39, 0.29) is 17.2 Å². The summed E-state index contributed by atoms with van der Waals surface area (Å²) in [6.45, 7) is 1.48. The minimum Gasteiger partial charge on any atom is -0.490 e. The van der Waals surface area contributed by atoms with Gasteiger partial charge >= 0.3 is 0 Å². The number of benzene rings is 2. The number of rotatable bonds is 4. The molecule has 6 heteroatoms. The summed E-state index contributed by atoms with van der Waals surface area (Å²) in [5, 5.41) is 10.6. The summed E-state index contributed by atoms with van der Waals surface area (Å²) in [5.74, 6) is 0.871. The third kappa shape index (κ3) is 3.59. The number of pyridine rings is 1. The maximum absolute atomic E-state index is 12.7. The molecular weight excluding hydrogens is 376 g/mol. The van der Waals surface area contributed by atoms with Gasteiger partial charge in [0.05, 0.1) is 11.2 Å². The minimum atomic E-state index is -0.245. The number of nitrogens with zero attached hydrogens (tertiary/aromatic N) is 4. The number of ether oxygens (including phenoxy) is 1. The van der Waals surface area contributed by atoms with Gasteiger partial charge in [0.15, 0.2) is 0 Å². The van der Waals surface area contributed by atoms with Crippen molar-refractivity contribution in [3.8, 4) is 11.8 Å². The Morgan fingerprint density at radius 1 is 1.07 bits per heavy atom. The molecule has 0 saturated carbocycles. The van der Waals surface area contributed by atoms with Crippen LogP contribution in [0.15, 0.2) is 53.3 Å². The number of para-hydroxylation sites is 1. The van der Waals surface area contributed by atoms with Gasteiger partial charge in [-0.1, -0.05) is 18.2 Å². The lowest BCUT2D eigenvalue weighted by Gasteiger charge is -2.35. The third-order valence-electron chi connectivity index (χ3n) is 5.80. The maximum atomic E-state index is 12.7. The second-order valence-corrected chi connectivity index (χ2v) is 7.91. The number of hydrogen-bond donors (Lipinski definition) is 0. The van der Waals surface area contributed by atoms with Crippen molar-refractivity contribution in [1.29, 1.82) is 5.26 Å². The average molecular weight is 402 g/mol. The second kappa shape index (κ2) is 8.11. The van der Waals surface area contributed by atoms with E-state index < -0.39 is 0 Å². The van der Waals surface area contributed by atoms with Gasteiger partial charge in [0.25, 0.3) is 5.56 Å². The quantitative estimate of drug-likeness (QED) is 0.668. The van der Waals surface area contributed by atoms with Crippen LogP contribution in [0.4, 0.5) is 11.4 Å². The van der Waals surface area contributed by atoms with Crippen molar-refractivity contribution in [3.63, 3.8) is 0 Å². The van der Waals surface area contributed by atoms with Crippen LogP contribution in [0.2, 0.25) is 0 Å². The van der Waals surface area contributed by atoms with Crippen LogP contribution >= 0.6 is 0 Å². The van der Waals surface area contributed by atoms with Crippen molar-refractivity contribution in [3.05, 3.63) is 64.4 Å². The Morgan fingerprint density at radius 3 is 2.37 bits per heavy atom. The smallest absolute Gasteiger partial charge is 0.270 e. The first-order valence-electron chi connectivity index (χ1n) is 10.2. The van der Waals surface area contributed by atoms with Gasteiger partial charge in [-0.2, -0.15) is 5.26 Å². The highest BCUT2D eigenvalue weighted by Gasteiger charge is 2.26.